The SMILES string of the molecule is CCCCN(C)[C@H]1CCC(=O)N(Cc2ccc(OC)cc2)CC1. The zero-order valence-electron chi connectivity index (χ0n) is 14.8. The Kier molecular flexibility index (Phi) is 6.90. The largest absolute Gasteiger partial charge is 0.497 e. The minimum absolute atomic E-state index is 0.284. The second kappa shape index (κ2) is 8.92. The van der Waals surface area contributed by atoms with Gasteiger partial charge in [0.15, 0.2) is 0 Å². The van der Waals surface area contributed by atoms with Gasteiger partial charge in [-0.25, -0.2) is 0 Å². The molecule has 0 aromatic heterocycles. The van der Waals surface area contributed by atoms with Gasteiger partial charge >= 0.3 is 0 Å². The Balaban J connectivity index is 1.91. The van der Waals surface area contributed by atoms with Crippen LogP contribution >= 0.6 is 0 Å². The lowest BCUT2D eigenvalue weighted by Crippen LogP contribution is -2.34. The van der Waals surface area contributed by atoms with E-state index in [1.165, 1.54) is 12.8 Å². The van der Waals surface area contributed by atoms with E-state index in [4.69, 9.17) is 4.74 Å². The fourth-order valence-electron chi connectivity index (χ4n) is 3.17. The molecule has 0 unspecified atom stereocenters. The third kappa shape index (κ3) is 5.24. The van der Waals surface area contributed by atoms with Crippen molar-refractivity contribution in [2.45, 2.75) is 51.6 Å². The molecular weight excluding hydrogens is 288 g/mol. The van der Waals surface area contributed by atoms with Gasteiger partial charge in [0.05, 0.1) is 7.11 Å². The summed E-state index contributed by atoms with van der Waals surface area (Å²) < 4.78 is 5.19. The standard InChI is InChI=1S/C19H30N2O2/c1-4-5-13-20(2)17-8-11-19(22)21(14-12-17)15-16-6-9-18(23-3)10-7-16/h6-7,9-10,17H,4-5,8,11-15H2,1-3H3/t17-/m0/s1. The average molecular weight is 318 g/mol. The molecular formula is C19H30N2O2. The van der Waals surface area contributed by atoms with Crippen molar-refractivity contribution in [1.82, 2.24) is 9.80 Å². The van der Waals surface area contributed by atoms with Gasteiger partial charge in [-0.15, -0.1) is 0 Å². The number of carbonyl (C=O) groups is 1. The summed E-state index contributed by atoms with van der Waals surface area (Å²) in [6.07, 6.45) is 5.17. The molecule has 0 aliphatic carbocycles. The van der Waals surface area contributed by atoms with E-state index in [1.807, 2.05) is 29.2 Å². The van der Waals surface area contributed by atoms with Crippen LogP contribution in [0.25, 0.3) is 0 Å². The molecule has 128 valence electrons. The minimum atomic E-state index is 0.284. The summed E-state index contributed by atoms with van der Waals surface area (Å²) in [4.78, 5) is 16.9. The van der Waals surface area contributed by atoms with Crippen molar-refractivity contribution >= 4 is 5.91 Å². The first kappa shape index (κ1) is 17.8. The van der Waals surface area contributed by atoms with Gasteiger partial charge in [0.25, 0.3) is 0 Å². The maximum Gasteiger partial charge on any atom is 0.222 e. The predicted molar refractivity (Wildman–Crippen MR) is 93.6 cm³/mol. The van der Waals surface area contributed by atoms with E-state index in [0.29, 0.717) is 19.0 Å². The molecule has 1 atom stereocenters. The van der Waals surface area contributed by atoms with Crippen molar-refractivity contribution in [3.63, 3.8) is 0 Å². The van der Waals surface area contributed by atoms with Crippen LogP contribution in [0.1, 0.15) is 44.6 Å². The van der Waals surface area contributed by atoms with Crippen LogP contribution < -0.4 is 4.74 Å². The van der Waals surface area contributed by atoms with Crippen molar-refractivity contribution in [1.29, 1.82) is 0 Å². The zero-order chi connectivity index (χ0) is 16.7. The number of hydrogen-bond acceptors (Lipinski definition) is 3. The minimum Gasteiger partial charge on any atom is -0.497 e. The molecule has 1 amide bonds. The van der Waals surface area contributed by atoms with E-state index in [9.17, 15) is 4.79 Å². The lowest BCUT2D eigenvalue weighted by Gasteiger charge is -2.27. The summed E-state index contributed by atoms with van der Waals surface area (Å²) in [6.45, 7) is 4.91. The maximum atomic E-state index is 12.4. The second-order valence-electron chi connectivity index (χ2n) is 6.48. The molecule has 1 aliphatic heterocycles. The Labute approximate surface area is 140 Å². The molecule has 4 nitrogen and oxygen atoms in total. The predicted octanol–water partition coefficient (Wildman–Crippen LogP) is 3.31. The number of carbonyl (C=O) groups excluding carboxylic acids is 1. The summed E-state index contributed by atoms with van der Waals surface area (Å²) in [7, 11) is 3.87. The van der Waals surface area contributed by atoms with E-state index in [-0.39, 0.29) is 5.91 Å². The van der Waals surface area contributed by atoms with Crippen LogP contribution in [-0.4, -0.2) is 49.0 Å². The van der Waals surface area contributed by atoms with Gasteiger partial charge in [-0.3, -0.25) is 4.79 Å². The summed E-state index contributed by atoms with van der Waals surface area (Å²) in [5.41, 5.74) is 1.16. The van der Waals surface area contributed by atoms with Crippen LogP contribution in [0.2, 0.25) is 0 Å². The summed E-state index contributed by atoms with van der Waals surface area (Å²) in [5.74, 6) is 1.14. The second-order valence-corrected chi connectivity index (χ2v) is 6.48. The Hall–Kier alpha value is -1.55. The fourth-order valence-corrected chi connectivity index (χ4v) is 3.17. The molecule has 1 aliphatic rings. The maximum absolute atomic E-state index is 12.4. The molecule has 0 spiro atoms. The third-order valence-corrected chi connectivity index (χ3v) is 4.80. The number of unbranched alkanes of at least 4 members (excludes halogenated alkanes) is 1. The molecule has 1 aromatic carbocycles. The number of amides is 1. The van der Waals surface area contributed by atoms with Gasteiger partial charge in [-0.05, 0) is 50.6 Å². The third-order valence-electron chi connectivity index (χ3n) is 4.80. The molecule has 1 heterocycles. The molecule has 1 saturated heterocycles. The van der Waals surface area contributed by atoms with Crippen molar-refractivity contribution in [2.24, 2.45) is 0 Å². The van der Waals surface area contributed by atoms with Gasteiger partial charge in [-0.1, -0.05) is 25.5 Å². The van der Waals surface area contributed by atoms with Crippen molar-refractivity contribution in [3.05, 3.63) is 29.8 Å². The molecule has 1 fully saturated rings. The zero-order valence-corrected chi connectivity index (χ0v) is 14.8. The Bertz CT molecular complexity index is 487. The van der Waals surface area contributed by atoms with Crippen molar-refractivity contribution in [3.8, 4) is 5.75 Å². The fraction of sp³-hybridized carbons (Fsp3) is 0.632. The molecule has 0 N–H and O–H groups in total. The highest BCUT2D eigenvalue weighted by Gasteiger charge is 2.24. The van der Waals surface area contributed by atoms with Crippen molar-refractivity contribution < 1.29 is 9.53 Å². The Morgan fingerprint density at radius 1 is 1.26 bits per heavy atom. The quantitative estimate of drug-likeness (QED) is 0.773. The normalized spacial score (nSPS) is 19.0. The first-order valence-corrected chi connectivity index (χ1v) is 8.75. The summed E-state index contributed by atoms with van der Waals surface area (Å²) in [5, 5.41) is 0. The van der Waals surface area contributed by atoms with Crippen LogP contribution in [0.5, 0.6) is 5.75 Å². The number of benzene rings is 1. The van der Waals surface area contributed by atoms with Crippen LogP contribution in [0.4, 0.5) is 0 Å². The molecule has 4 heteroatoms. The summed E-state index contributed by atoms with van der Waals surface area (Å²) >= 11 is 0. The van der Waals surface area contributed by atoms with Crippen LogP contribution in [0.3, 0.4) is 0 Å². The van der Waals surface area contributed by atoms with Gasteiger partial charge in [0.2, 0.25) is 5.91 Å². The molecule has 2 rings (SSSR count). The number of rotatable bonds is 7. The highest BCUT2D eigenvalue weighted by molar-refractivity contribution is 5.76. The lowest BCUT2D eigenvalue weighted by atomic mass is 10.1. The van der Waals surface area contributed by atoms with E-state index in [2.05, 4.69) is 18.9 Å². The lowest BCUT2D eigenvalue weighted by molar-refractivity contribution is -0.131. The molecule has 23 heavy (non-hydrogen) atoms. The van der Waals surface area contributed by atoms with Crippen molar-refractivity contribution in [2.75, 3.05) is 27.2 Å². The first-order valence-electron chi connectivity index (χ1n) is 8.75. The topological polar surface area (TPSA) is 32.8 Å². The first-order chi connectivity index (χ1) is 11.1. The van der Waals surface area contributed by atoms with Crippen LogP contribution in [-0.2, 0) is 11.3 Å². The number of ether oxygens (including phenoxy) is 1. The Morgan fingerprint density at radius 3 is 2.65 bits per heavy atom. The molecule has 0 radical (unpaired) electrons. The summed E-state index contributed by atoms with van der Waals surface area (Å²) in [6, 6.07) is 8.54. The number of hydrogen-bond donors (Lipinski definition) is 0. The van der Waals surface area contributed by atoms with Crippen LogP contribution in [0.15, 0.2) is 24.3 Å². The molecule has 1 aromatic rings. The smallest absolute Gasteiger partial charge is 0.222 e. The highest BCUT2D eigenvalue weighted by atomic mass is 16.5. The van der Waals surface area contributed by atoms with Gasteiger partial charge in [-0.2, -0.15) is 0 Å². The number of likely N-dealkylation sites (tertiary alicyclic amines) is 1. The molecule has 0 bridgehead atoms. The van der Waals surface area contributed by atoms with E-state index < -0.39 is 0 Å². The number of nitrogens with zero attached hydrogens (tertiary/aromatic N) is 2. The molecule has 0 saturated carbocycles. The van der Waals surface area contributed by atoms with E-state index in [0.717, 1.165) is 37.2 Å². The highest BCUT2D eigenvalue weighted by Crippen LogP contribution is 2.20. The monoisotopic (exact) mass is 318 g/mol. The average Bonchev–Trinajstić information content (AvgIpc) is 2.76. The van der Waals surface area contributed by atoms with E-state index in [1.54, 1.807) is 7.11 Å². The van der Waals surface area contributed by atoms with Crippen LogP contribution in [0, 0.1) is 0 Å². The van der Waals surface area contributed by atoms with Gasteiger partial charge in [0, 0.05) is 25.6 Å². The Morgan fingerprint density at radius 2 is 2.00 bits per heavy atom. The van der Waals surface area contributed by atoms with Gasteiger partial charge < -0.3 is 14.5 Å². The number of methoxy groups -OCH3 is 1. The van der Waals surface area contributed by atoms with E-state index >= 15 is 0 Å². The van der Waals surface area contributed by atoms with Gasteiger partial charge in [0.1, 0.15) is 5.75 Å².